The minimum absolute atomic E-state index is 0.0219. The second kappa shape index (κ2) is 6.26. The van der Waals surface area contributed by atoms with Gasteiger partial charge in [-0.05, 0) is 24.6 Å². The highest BCUT2D eigenvalue weighted by molar-refractivity contribution is 5.48. The number of aryl methyl sites for hydroxylation is 1. The van der Waals surface area contributed by atoms with Crippen LogP contribution in [0.3, 0.4) is 0 Å². The van der Waals surface area contributed by atoms with Crippen molar-refractivity contribution >= 4 is 11.5 Å². The van der Waals surface area contributed by atoms with Crippen LogP contribution in [0.15, 0.2) is 35.1 Å². The highest BCUT2D eigenvalue weighted by Crippen LogP contribution is 2.18. The number of aromatic amines is 1. The first-order valence-corrected chi connectivity index (χ1v) is 6.93. The van der Waals surface area contributed by atoms with Gasteiger partial charge >= 0.3 is 0 Å². The molecule has 0 radical (unpaired) electrons. The van der Waals surface area contributed by atoms with Crippen molar-refractivity contribution in [2.75, 3.05) is 11.9 Å². The monoisotopic (exact) mass is 314 g/mol. The molecule has 118 valence electrons. The van der Waals surface area contributed by atoms with E-state index in [0.29, 0.717) is 41.8 Å². The van der Waals surface area contributed by atoms with Crippen LogP contribution in [0.2, 0.25) is 0 Å². The Balaban J connectivity index is 1.58. The summed E-state index contributed by atoms with van der Waals surface area (Å²) in [5.74, 6) is 2.44. The Labute approximate surface area is 130 Å². The SMILES string of the molecule is Cc1cc([N+](=O)[O-])cnc1NCCc1nc(-c2ccco2)n[nH]1. The van der Waals surface area contributed by atoms with E-state index in [1.54, 1.807) is 25.3 Å². The van der Waals surface area contributed by atoms with E-state index in [1.165, 1.54) is 12.3 Å². The number of rotatable bonds is 6. The second-order valence-corrected chi connectivity index (χ2v) is 4.88. The van der Waals surface area contributed by atoms with E-state index in [2.05, 4.69) is 25.5 Å². The van der Waals surface area contributed by atoms with Gasteiger partial charge in [-0.2, -0.15) is 5.10 Å². The number of pyridine rings is 1. The Morgan fingerprint density at radius 3 is 3.04 bits per heavy atom. The summed E-state index contributed by atoms with van der Waals surface area (Å²) in [7, 11) is 0. The molecule has 0 bridgehead atoms. The fourth-order valence-corrected chi connectivity index (χ4v) is 2.07. The lowest BCUT2D eigenvalue weighted by atomic mass is 10.2. The topological polar surface area (TPSA) is 123 Å². The van der Waals surface area contributed by atoms with E-state index in [0.717, 1.165) is 0 Å². The first-order chi connectivity index (χ1) is 11.1. The maximum Gasteiger partial charge on any atom is 0.287 e. The van der Waals surface area contributed by atoms with Crippen molar-refractivity contribution < 1.29 is 9.34 Å². The average molecular weight is 314 g/mol. The molecule has 9 nitrogen and oxygen atoms in total. The number of H-pyrrole nitrogens is 1. The van der Waals surface area contributed by atoms with E-state index in [1.807, 2.05) is 0 Å². The van der Waals surface area contributed by atoms with Crippen molar-refractivity contribution in [3.05, 3.63) is 52.2 Å². The van der Waals surface area contributed by atoms with Crippen LogP contribution in [0.4, 0.5) is 11.5 Å². The number of nitro groups is 1. The van der Waals surface area contributed by atoms with Crippen molar-refractivity contribution in [2.24, 2.45) is 0 Å². The Kier molecular flexibility index (Phi) is 4.00. The minimum Gasteiger partial charge on any atom is -0.461 e. The van der Waals surface area contributed by atoms with Crippen LogP contribution >= 0.6 is 0 Å². The standard InChI is InChI=1S/C14H14N6O3/c1-9-7-10(20(21)22)8-16-13(9)15-5-4-12-17-14(19-18-12)11-3-2-6-23-11/h2-3,6-8H,4-5H2,1H3,(H,15,16)(H,17,18,19). The van der Waals surface area contributed by atoms with E-state index in [-0.39, 0.29) is 5.69 Å². The molecule has 9 heteroatoms. The number of nitrogens with zero attached hydrogens (tertiary/aromatic N) is 4. The second-order valence-electron chi connectivity index (χ2n) is 4.88. The summed E-state index contributed by atoms with van der Waals surface area (Å²) in [6, 6.07) is 5.05. The van der Waals surface area contributed by atoms with Crippen molar-refractivity contribution in [3.63, 3.8) is 0 Å². The molecule has 0 fully saturated rings. The number of furan rings is 1. The smallest absolute Gasteiger partial charge is 0.287 e. The molecule has 0 atom stereocenters. The summed E-state index contributed by atoms with van der Waals surface area (Å²) in [5, 5.41) is 20.7. The molecule has 0 amide bonds. The predicted octanol–water partition coefficient (Wildman–Crippen LogP) is 2.33. The maximum atomic E-state index is 10.7. The van der Waals surface area contributed by atoms with Crippen LogP contribution < -0.4 is 5.32 Å². The lowest BCUT2D eigenvalue weighted by Gasteiger charge is -2.06. The van der Waals surface area contributed by atoms with Crippen LogP contribution in [-0.4, -0.2) is 31.6 Å². The van der Waals surface area contributed by atoms with Gasteiger partial charge in [0, 0.05) is 19.0 Å². The minimum atomic E-state index is -0.464. The highest BCUT2D eigenvalue weighted by Gasteiger charge is 2.10. The Hall–Kier alpha value is -3.23. The van der Waals surface area contributed by atoms with Gasteiger partial charge < -0.3 is 9.73 Å². The number of hydrogen-bond acceptors (Lipinski definition) is 7. The summed E-state index contributed by atoms with van der Waals surface area (Å²) >= 11 is 0. The van der Waals surface area contributed by atoms with Gasteiger partial charge in [0.25, 0.3) is 5.69 Å². The van der Waals surface area contributed by atoms with Crippen LogP contribution in [0.25, 0.3) is 11.6 Å². The average Bonchev–Trinajstić information content (AvgIpc) is 3.19. The van der Waals surface area contributed by atoms with Gasteiger partial charge in [-0.1, -0.05) is 0 Å². The third-order valence-electron chi connectivity index (χ3n) is 3.20. The molecule has 0 saturated heterocycles. The number of hydrogen-bond donors (Lipinski definition) is 2. The van der Waals surface area contributed by atoms with Crippen LogP contribution in [0.5, 0.6) is 0 Å². The van der Waals surface area contributed by atoms with E-state index < -0.39 is 4.92 Å². The Bertz CT molecular complexity index is 812. The quantitative estimate of drug-likeness (QED) is 0.528. The summed E-state index contributed by atoms with van der Waals surface area (Å²) in [4.78, 5) is 18.6. The first-order valence-electron chi connectivity index (χ1n) is 6.93. The Morgan fingerprint density at radius 1 is 1.48 bits per heavy atom. The van der Waals surface area contributed by atoms with Gasteiger partial charge in [-0.15, -0.1) is 0 Å². The number of nitrogens with one attached hydrogen (secondary N) is 2. The maximum absolute atomic E-state index is 10.7. The summed E-state index contributed by atoms with van der Waals surface area (Å²) in [6.45, 7) is 2.34. The molecule has 23 heavy (non-hydrogen) atoms. The molecule has 3 aromatic heterocycles. The van der Waals surface area contributed by atoms with Gasteiger partial charge in [0.15, 0.2) is 5.76 Å². The van der Waals surface area contributed by atoms with Gasteiger partial charge in [-0.3, -0.25) is 15.2 Å². The zero-order valence-corrected chi connectivity index (χ0v) is 12.3. The Morgan fingerprint density at radius 2 is 2.35 bits per heavy atom. The zero-order valence-electron chi connectivity index (χ0n) is 12.3. The molecule has 3 heterocycles. The molecule has 0 aliphatic heterocycles. The van der Waals surface area contributed by atoms with Gasteiger partial charge in [0.05, 0.1) is 11.2 Å². The molecule has 0 aromatic carbocycles. The number of aromatic nitrogens is 4. The molecular weight excluding hydrogens is 300 g/mol. The number of anilines is 1. The van der Waals surface area contributed by atoms with Crippen LogP contribution in [0.1, 0.15) is 11.4 Å². The highest BCUT2D eigenvalue weighted by atomic mass is 16.6. The van der Waals surface area contributed by atoms with E-state index in [9.17, 15) is 10.1 Å². The fourth-order valence-electron chi connectivity index (χ4n) is 2.07. The molecule has 2 N–H and O–H groups in total. The van der Waals surface area contributed by atoms with Gasteiger partial charge in [-0.25, -0.2) is 9.97 Å². The van der Waals surface area contributed by atoms with Crippen LogP contribution in [0, 0.1) is 17.0 Å². The molecule has 3 aromatic rings. The molecule has 0 saturated carbocycles. The molecule has 0 spiro atoms. The van der Waals surface area contributed by atoms with Crippen LogP contribution in [-0.2, 0) is 6.42 Å². The molecular formula is C14H14N6O3. The first kappa shape index (κ1) is 14.7. The normalized spacial score (nSPS) is 10.7. The van der Waals surface area contributed by atoms with E-state index in [4.69, 9.17) is 4.42 Å². The fraction of sp³-hybridized carbons (Fsp3) is 0.214. The predicted molar refractivity (Wildman–Crippen MR) is 81.9 cm³/mol. The largest absolute Gasteiger partial charge is 0.461 e. The molecule has 3 rings (SSSR count). The third kappa shape index (κ3) is 3.34. The van der Waals surface area contributed by atoms with Crippen molar-refractivity contribution in [1.82, 2.24) is 20.2 Å². The lowest BCUT2D eigenvalue weighted by molar-refractivity contribution is -0.385. The zero-order chi connectivity index (χ0) is 16.2. The lowest BCUT2D eigenvalue weighted by Crippen LogP contribution is -2.08. The van der Waals surface area contributed by atoms with Crippen molar-refractivity contribution in [3.8, 4) is 11.6 Å². The third-order valence-corrected chi connectivity index (χ3v) is 3.20. The molecule has 0 aliphatic rings. The van der Waals surface area contributed by atoms with Crippen molar-refractivity contribution in [2.45, 2.75) is 13.3 Å². The summed E-state index contributed by atoms with van der Waals surface area (Å²) in [5.41, 5.74) is 0.694. The van der Waals surface area contributed by atoms with E-state index >= 15 is 0 Å². The summed E-state index contributed by atoms with van der Waals surface area (Å²) in [6.07, 6.45) is 3.40. The van der Waals surface area contributed by atoms with Gasteiger partial charge in [0.1, 0.15) is 17.8 Å². The van der Waals surface area contributed by atoms with Gasteiger partial charge in [0.2, 0.25) is 5.82 Å². The van der Waals surface area contributed by atoms with Crippen molar-refractivity contribution in [1.29, 1.82) is 0 Å². The summed E-state index contributed by atoms with van der Waals surface area (Å²) < 4.78 is 5.23. The molecule has 0 aliphatic carbocycles. The molecule has 0 unspecified atom stereocenters.